The summed E-state index contributed by atoms with van der Waals surface area (Å²) in [6.45, 7) is 3.64. The van der Waals surface area contributed by atoms with Gasteiger partial charge in [-0.15, -0.1) is 0 Å². The van der Waals surface area contributed by atoms with E-state index in [1.54, 1.807) is 6.92 Å². The Balaban J connectivity index is 2.17. The van der Waals surface area contributed by atoms with Gasteiger partial charge in [0.05, 0.1) is 29.3 Å². The SMILES string of the molecule is CC(NCC(C)(O)CO)c1nc2ccccc2n1C. The molecule has 1 aromatic heterocycles. The lowest BCUT2D eigenvalue weighted by atomic mass is 10.1. The number of imidazole rings is 1. The molecule has 1 heterocycles. The molecule has 0 fully saturated rings. The fourth-order valence-corrected chi connectivity index (χ4v) is 2.07. The van der Waals surface area contributed by atoms with Crippen molar-refractivity contribution in [2.45, 2.75) is 25.5 Å². The molecule has 5 heteroatoms. The summed E-state index contributed by atoms with van der Waals surface area (Å²) in [5, 5.41) is 22.0. The van der Waals surface area contributed by atoms with Gasteiger partial charge in [0.15, 0.2) is 0 Å². The van der Waals surface area contributed by atoms with Crippen LogP contribution in [0.2, 0.25) is 0 Å². The first-order valence-electron chi connectivity index (χ1n) is 6.42. The molecule has 0 saturated carbocycles. The zero-order valence-electron chi connectivity index (χ0n) is 11.6. The Labute approximate surface area is 112 Å². The van der Waals surface area contributed by atoms with Crippen molar-refractivity contribution in [3.63, 3.8) is 0 Å². The maximum absolute atomic E-state index is 9.79. The van der Waals surface area contributed by atoms with Crippen LogP contribution < -0.4 is 5.32 Å². The number of nitrogens with zero attached hydrogens (tertiary/aromatic N) is 2. The van der Waals surface area contributed by atoms with Gasteiger partial charge in [0, 0.05) is 13.6 Å². The summed E-state index contributed by atoms with van der Waals surface area (Å²) in [4.78, 5) is 4.60. The standard InChI is InChI=1S/C14H21N3O2/c1-10(15-8-14(2,19)9-18)13-16-11-6-4-5-7-12(11)17(13)3/h4-7,10,15,18-19H,8-9H2,1-3H3. The Morgan fingerprint density at radius 3 is 2.74 bits per heavy atom. The van der Waals surface area contributed by atoms with Crippen LogP contribution in [0.5, 0.6) is 0 Å². The molecule has 0 spiro atoms. The zero-order valence-corrected chi connectivity index (χ0v) is 11.6. The lowest BCUT2D eigenvalue weighted by molar-refractivity contribution is 0.000851. The highest BCUT2D eigenvalue weighted by Gasteiger charge is 2.21. The van der Waals surface area contributed by atoms with E-state index in [1.807, 2.05) is 42.8 Å². The van der Waals surface area contributed by atoms with Gasteiger partial charge in [0.2, 0.25) is 0 Å². The van der Waals surface area contributed by atoms with Crippen molar-refractivity contribution in [1.82, 2.24) is 14.9 Å². The number of aromatic nitrogens is 2. The van der Waals surface area contributed by atoms with Crippen LogP contribution >= 0.6 is 0 Å². The summed E-state index contributed by atoms with van der Waals surface area (Å²) in [5.74, 6) is 0.912. The Kier molecular flexibility index (Phi) is 3.89. The third kappa shape index (κ3) is 2.94. The number of nitrogens with one attached hydrogen (secondary N) is 1. The lowest BCUT2D eigenvalue weighted by Gasteiger charge is -2.23. The second kappa shape index (κ2) is 5.28. The minimum atomic E-state index is -1.11. The van der Waals surface area contributed by atoms with Crippen molar-refractivity contribution in [3.8, 4) is 0 Å². The average molecular weight is 263 g/mol. The molecule has 1 aromatic carbocycles. The monoisotopic (exact) mass is 263 g/mol. The molecule has 3 N–H and O–H groups in total. The highest BCUT2D eigenvalue weighted by atomic mass is 16.3. The molecule has 0 aliphatic carbocycles. The van der Waals surface area contributed by atoms with E-state index in [1.165, 1.54) is 0 Å². The molecule has 19 heavy (non-hydrogen) atoms. The van der Waals surface area contributed by atoms with Gasteiger partial charge in [-0.1, -0.05) is 12.1 Å². The third-order valence-electron chi connectivity index (χ3n) is 3.34. The molecule has 104 valence electrons. The van der Waals surface area contributed by atoms with Gasteiger partial charge in [-0.3, -0.25) is 0 Å². The van der Waals surface area contributed by atoms with E-state index in [4.69, 9.17) is 5.11 Å². The van der Waals surface area contributed by atoms with Crippen molar-refractivity contribution in [2.75, 3.05) is 13.2 Å². The molecular weight excluding hydrogens is 242 g/mol. The van der Waals surface area contributed by atoms with Gasteiger partial charge < -0.3 is 20.1 Å². The Bertz CT molecular complexity index is 563. The van der Waals surface area contributed by atoms with Gasteiger partial charge in [0.25, 0.3) is 0 Å². The van der Waals surface area contributed by atoms with E-state index in [2.05, 4.69) is 10.3 Å². The summed E-state index contributed by atoms with van der Waals surface area (Å²) in [5.41, 5.74) is 0.932. The molecule has 0 saturated heterocycles. The van der Waals surface area contributed by atoms with E-state index in [9.17, 15) is 5.11 Å². The topological polar surface area (TPSA) is 70.3 Å². The molecule has 0 aliphatic heterocycles. The maximum atomic E-state index is 9.79. The van der Waals surface area contributed by atoms with E-state index in [-0.39, 0.29) is 12.6 Å². The summed E-state index contributed by atoms with van der Waals surface area (Å²) in [7, 11) is 1.98. The van der Waals surface area contributed by atoms with Gasteiger partial charge in [-0.05, 0) is 26.0 Å². The normalized spacial score (nSPS) is 16.5. The van der Waals surface area contributed by atoms with Crippen molar-refractivity contribution in [3.05, 3.63) is 30.1 Å². The van der Waals surface area contributed by atoms with Crippen LogP contribution in [-0.4, -0.2) is 38.5 Å². The molecular formula is C14H21N3O2. The van der Waals surface area contributed by atoms with Crippen LogP contribution in [-0.2, 0) is 7.05 Å². The van der Waals surface area contributed by atoms with E-state index in [0.717, 1.165) is 16.9 Å². The minimum absolute atomic E-state index is 0.00424. The first-order chi connectivity index (χ1) is 8.94. The van der Waals surface area contributed by atoms with Crippen LogP contribution in [0.25, 0.3) is 11.0 Å². The van der Waals surface area contributed by atoms with Crippen LogP contribution in [0.1, 0.15) is 25.7 Å². The highest BCUT2D eigenvalue weighted by Crippen LogP contribution is 2.19. The van der Waals surface area contributed by atoms with Crippen molar-refractivity contribution in [1.29, 1.82) is 0 Å². The summed E-state index contributed by atoms with van der Waals surface area (Å²) in [6.07, 6.45) is 0. The van der Waals surface area contributed by atoms with Gasteiger partial charge in [-0.2, -0.15) is 0 Å². The Morgan fingerprint density at radius 2 is 2.11 bits per heavy atom. The lowest BCUT2D eigenvalue weighted by Crippen LogP contribution is -2.42. The third-order valence-corrected chi connectivity index (χ3v) is 3.34. The van der Waals surface area contributed by atoms with Crippen molar-refractivity contribution in [2.24, 2.45) is 7.05 Å². The Hall–Kier alpha value is -1.43. The number of rotatable bonds is 5. The fraction of sp³-hybridized carbons (Fsp3) is 0.500. The smallest absolute Gasteiger partial charge is 0.126 e. The van der Waals surface area contributed by atoms with Crippen LogP contribution in [0, 0.1) is 0 Å². The van der Waals surface area contributed by atoms with E-state index in [0.29, 0.717) is 6.54 Å². The molecule has 2 unspecified atom stereocenters. The number of para-hydroxylation sites is 2. The summed E-state index contributed by atoms with van der Waals surface area (Å²) >= 11 is 0. The van der Waals surface area contributed by atoms with Gasteiger partial charge in [-0.25, -0.2) is 4.98 Å². The largest absolute Gasteiger partial charge is 0.393 e. The molecule has 2 atom stereocenters. The molecule has 2 aromatic rings. The molecule has 2 rings (SSSR count). The molecule has 0 bridgehead atoms. The van der Waals surface area contributed by atoms with Crippen LogP contribution in [0.4, 0.5) is 0 Å². The molecule has 0 amide bonds. The van der Waals surface area contributed by atoms with E-state index >= 15 is 0 Å². The Morgan fingerprint density at radius 1 is 1.42 bits per heavy atom. The number of hydrogen-bond acceptors (Lipinski definition) is 4. The molecule has 0 radical (unpaired) electrons. The minimum Gasteiger partial charge on any atom is -0.393 e. The second-order valence-electron chi connectivity index (χ2n) is 5.28. The molecule has 5 nitrogen and oxygen atoms in total. The first kappa shape index (κ1) is 14.0. The number of aliphatic hydroxyl groups excluding tert-OH is 1. The van der Waals surface area contributed by atoms with Gasteiger partial charge in [0.1, 0.15) is 5.82 Å². The van der Waals surface area contributed by atoms with E-state index < -0.39 is 5.60 Å². The number of aliphatic hydroxyl groups is 2. The van der Waals surface area contributed by atoms with Crippen molar-refractivity contribution < 1.29 is 10.2 Å². The zero-order chi connectivity index (χ0) is 14.0. The maximum Gasteiger partial charge on any atom is 0.126 e. The van der Waals surface area contributed by atoms with Gasteiger partial charge >= 0.3 is 0 Å². The summed E-state index contributed by atoms with van der Waals surface area (Å²) in [6, 6.07) is 7.96. The fourth-order valence-electron chi connectivity index (χ4n) is 2.07. The number of benzene rings is 1. The molecule has 0 aliphatic rings. The van der Waals surface area contributed by atoms with Crippen molar-refractivity contribution >= 4 is 11.0 Å². The summed E-state index contributed by atoms with van der Waals surface area (Å²) < 4.78 is 2.04. The second-order valence-corrected chi connectivity index (χ2v) is 5.28. The number of hydrogen-bond donors (Lipinski definition) is 3. The quantitative estimate of drug-likeness (QED) is 0.751. The average Bonchev–Trinajstić information content (AvgIpc) is 2.74. The highest BCUT2D eigenvalue weighted by molar-refractivity contribution is 5.75. The predicted molar refractivity (Wildman–Crippen MR) is 74.8 cm³/mol. The number of fused-ring (bicyclic) bond motifs is 1. The van der Waals surface area contributed by atoms with Crippen LogP contribution in [0.15, 0.2) is 24.3 Å². The first-order valence-corrected chi connectivity index (χ1v) is 6.42. The number of aryl methyl sites for hydroxylation is 1. The predicted octanol–water partition coefficient (Wildman–Crippen LogP) is 0.967. The van der Waals surface area contributed by atoms with Crippen LogP contribution in [0.3, 0.4) is 0 Å².